The molecule has 1 unspecified atom stereocenters. The molecule has 0 amide bonds. The van der Waals surface area contributed by atoms with E-state index in [0.29, 0.717) is 5.46 Å². The van der Waals surface area contributed by atoms with Gasteiger partial charge in [0, 0.05) is 17.9 Å². The summed E-state index contributed by atoms with van der Waals surface area (Å²) < 4.78 is 11.8. The Bertz CT molecular complexity index is 713. The number of hydrogen-bond donors (Lipinski definition) is 1. The summed E-state index contributed by atoms with van der Waals surface area (Å²) in [6.45, 7) is 7.70. The average molecular weight is 316 g/mol. The fraction of sp³-hybridized carbons (Fsp3) is 0.467. The molecule has 1 atom stereocenters. The van der Waals surface area contributed by atoms with Crippen LogP contribution in [0.5, 0.6) is 0 Å². The molecule has 1 fully saturated rings. The molecule has 0 spiro atoms. The summed E-state index contributed by atoms with van der Waals surface area (Å²) in [4.78, 5) is 31.5. The van der Waals surface area contributed by atoms with Crippen molar-refractivity contribution in [3.8, 4) is 0 Å². The standard InChI is InChI=1S/C15H17BN2O5/c1-14(2)15(3,4)23-16(22-14)8-5-9-11(19)10(13(20)21)7-18-12(9)17-6-8/h5-7,10H,1-4H3,(H,20,21). The van der Waals surface area contributed by atoms with Crippen LogP contribution in [-0.2, 0) is 14.1 Å². The van der Waals surface area contributed by atoms with Gasteiger partial charge in [-0.15, -0.1) is 0 Å². The molecule has 23 heavy (non-hydrogen) atoms. The number of pyridine rings is 1. The molecular weight excluding hydrogens is 299 g/mol. The molecule has 120 valence electrons. The summed E-state index contributed by atoms with van der Waals surface area (Å²) in [5.74, 6) is -2.83. The number of nitrogens with zero attached hydrogens (tertiary/aromatic N) is 2. The lowest BCUT2D eigenvalue weighted by Crippen LogP contribution is -2.41. The minimum absolute atomic E-state index is 0.173. The van der Waals surface area contributed by atoms with E-state index in [0.717, 1.165) is 6.21 Å². The number of fused-ring (bicyclic) bond motifs is 1. The Hall–Kier alpha value is -2.06. The predicted octanol–water partition coefficient (Wildman–Crippen LogP) is 0.980. The number of aliphatic carboxylic acids is 1. The Labute approximate surface area is 133 Å². The van der Waals surface area contributed by atoms with Crippen LogP contribution in [0.4, 0.5) is 5.82 Å². The van der Waals surface area contributed by atoms with Crippen LogP contribution >= 0.6 is 0 Å². The van der Waals surface area contributed by atoms with Gasteiger partial charge >= 0.3 is 13.1 Å². The van der Waals surface area contributed by atoms with E-state index >= 15 is 0 Å². The molecule has 0 bridgehead atoms. The highest BCUT2D eigenvalue weighted by molar-refractivity contribution is 6.62. The average Bonchev–Trinajstić information content (AvgIpc) is 2.67. The van der Waals surface area contributed by atoms with Crippen molar-refractivity contribution in [2.75, 3.05) is 0 Å². The van der Waals surface area contributed by atoms with Crippen molar-refractivity contribution in [3.63, 3.8) is 0 Å². The fourth-order valence-corrected chi connectivity index (χ4v) is 2.42. The van der Waals surface area contributed by atoms with Crippen molar-refractivity contribution in [2.45, 2.75) is 38.9 Å². The Morgan fingerprint density at radius 2 is 1.87 bits per heavy atom. The SMILES string of the molecule is CC1(C)OB(c2cnc3c(c2)C(=O)C(C(=O)O)C=N3)OC1(C)C. The Kier molecular flexibility index (Phi) is 3.42. The maximum Gasteiger partial charge on any atom is 0.496 e. The number of carboxylic acid groups (broad SMARTS) is 1. The zero-order chi connectivity index (χ0) is 17.0. The first-order valence-corrected chi connectivity index (χ1v) is 7.29. The molecular formula is C15H17BN2O5. The molecule has 1 saturated heterocycles. The lowest BCUT2D eigenvalue weighted by Gasteiger charge is -2.32. The van der Waals surface area contributed by atoms with Gasteiger partial charge in [0.1, 0.15) is 0 Å². The zero-order valence-electron chi connectivity index (χ0n) is 13.4. The molecule has 0 aromatic carbocycles. The largest absolute Gasteiger partial charge is 0.496 e. The second kappa shape index (κ2) is 4.97. The molecule has 0 radical (unpaired) electrons. The molecule has 2 aliphatic heterocycles. The van der Waals surface area contributed by atoms with Crippen molar-refractivity contribution in [1.82, 2.24) is 4.98 Å². The van der Waals surface area contributed by atoms with Crippen LogP contribution in [0.15, 0.2) is 17.3 Å². The molecule has 7 nitrogen and oxygen atoms in total. The van der Waals surface area contributed by atoms with Gasteiger partial charge in [0.25, 0.3) is 0 Å². The number of carbonyl (C=O) groups is 2. The van der Waals surface area contributed by atoms with Crippen molar-refractivity contribution in [3.05, 3.63) is 17.8 Å². The summed E-state index contributed by atoms with van der Waals surface area (Å²) >= 11 is 0. The third-order valence-corrected chi connectivity index (χ3v) is 4.57. The number of hydrogen-bond acceptors (Lipinski definition) is 6. The molecule has 1 aromatic heterocycles. The number of carboxylic acids is 1. The van der Waals surface area contributed by atoms with E-state index in [4.69, 9.17) is 14.4 Å². The number of Topliss-reactive ketones (excluding diaryl/α,β-unsaturated/α-hetero) is 1. The minimum Gasteiger partial charge on any atom is -0.480 e. The van der Waals surface area contributed by atoms with Gasteiger partial charge in [0.15, 0.2) is 17.5 Å². The van der Waals surface area contributed by atoms with Gasteiger partial charge in [-0.25, -0.2) is 9.98 Å². The lowest BCUT2D eigenvalue weighted by molar-refractivity contribution is -0.137. The zero-order valence-corrected chi connectivity index (χ0v) is 13.4. The summed E-state index contributed by atoms with van der Waals surface area (Å²) in [5, 5.41) is 9.07. The van der Waals surface area contributed by atoms with Gasteiger partial charge < -0.3 is 14.4 Å². The van der Waals surface area contributed by atoms with Crippen LogP contribution in [0.3, 0.4) is 0 Å². The van der Waals surface area contributed by atoms with Crippen molar-refractivity contribution in [2.24, 2.45) is 10.9 Å². The van der Waals surface area contributed by atoms with Crippen molar-refractivity contribution < 1.29 is 24.0 Å². The van der Waals surface area contributed by atoms with Crippen LogP contribution in [0.2, 0.25) is 0 Å². The van der Waals surface area contributed by atoms with Gasteiger partial charge in [-0.05, 0) is 33.8 Å². The summed E-state index contributed by atoms with van der Waals surface area (Å²) in [7, 11) is -0.667. The van der Waals surface area contributed by atoms with E-state index in [9.17, 15) is 9.59 Å². The second-order valence-electron chi connectivity index (χ2n) is 6.69. The van der Waals surface area contributed by atoms with Crippen LogP contribution in [0.1, 0.15) is 38.1 Å². The number of aromatic nitrogens is 1. The van der Waals surface area contributed by atoms with E-state index in [-0.39, 0.29) is 11.4 Å². The second-order valence-corrected chi connectivity index (χ2v) is 6.69. The normalized spacial score (nSPS) is 24.6. The van der Waals surface area contributed by atoms with E-state index in [1.165, 1.54) is 6.20 Å². The molecule has 8 heteroatoms. The molecule has 1 N–H and O–H groups in total. The van der Waals surface area contributed by atoms with Crippen LogP contribution in [0, 0.1) is 5.92 Å². The third kappa shape index (κ3) is 2.47. The Morgan fingerprint density at radius 1 is 1.26 bits per heavy atom. The van der Waals surface area contributed by atoms with E-state index in [1.54, 1.807) is 6.07 Å². The third-order valence-electron chi connectivity index (χ3n) is 4.57. The van der Waals surface area contributed by atoms with Crippen molar-refractivity contribution >= 4 is 36.4 Å². The molecule has 0 saturated carbocycles. The molecule has 1 aromatic rings. The maximum atomic E-state index is 12.3. The minimum atomic E-state index is -1.28. The fourth-order valence-electron chi connectivity index (χ4n) is 2.42. The van der Waals surface area contributed by atoms with Crippen LogP contribution in [0.25, 0.3) is 0 Å². The topological polar surface area (TPSA) is 98.1 Å². The number of rotatable bonds is 2. The van der Waals surface area contributed by atoms with Gasteiger partial charge in [-0.3, -0.25) is 9.59 Å². The predicted molar refractivity (Wildman–Crippen MR) is 83.6 cm³/mol. The number of ketones is 1. The van der Waals surface area contributed by atoms with Gasteiger partial charge in [0.05, 0.1) is 16.8 Å². The first-order valence-electron chi connectivity index (χ1n) is 7.29. The quantitative estimate of drug-likeness (QED) is 0.645. The molecule has 0 aliphatic carbocycles. The van der Waals surface area contributed by atoms with E-state index < -0.39 is 36.0 Å². The monoisotopic (exact) mass is 316 g/mol. The van der Waals surface area contributed by atoms with Crippen molar-refractivity contribution in [1.29, 1.82) is 0 Å². The van der Waals surface area contributed by atoms with Crippen LogP contribution in [-0.4, -0.2) is 46.4 Å². The Balaban J connectivity index is 1.96. The highest BCUT2D eigenvalue weighted by Crippen LogP contribution is 2.36. The summed E-state index contributed by atoms with van der Waals surface area (Å²) in [6.07, 6.45) is 2.64. The van der Waals surface area contributed by atoms with Crippen LogP contribution < -0.4 is 5.46 Å². The van der Waals surface area contributed by atoms with Gasteiger partial charge in [0.2, 0.25) is 0 Å². The number of carbonyl (C=O) groups excluding carboxylic acids is 1. The highest BCUT2D eigenvalue weighted by atomic mass is 16.7. The van der Waals surface area contributed by atoms with Gasteiger partial charge in [-0.2, -0.15) is 0 Å². The Morgan fingerprint density at radius 3 is 2.43 bits per heavy atom. The molecule has 3 rings (SSSR count). The highest BCUT2D eigenvalue weighted by Gasteiger charge is 2.52. The number of aliphatic imine (C=N–C) groups is 1. The van der Waals surface area contributed by atoms with Gasteiger partial charge in [-0.1, -0.05) is 0 Å². The smallest absolute Gasteiger partial charge is 0.480 e. The maximum absolute atomic E-state index is 12.3. The first-order chi connectivity index (χ1) is 10.6. The summed E-state index contributed by atoms with van der Waals surface area (Å²) in [5.41, 5.74) is -0.289. The van der Waals surface area contributed by atoms with E-state index in [1.807, 2.05) is 27.7 Å². The first kappa shape index (κ1) is 15.8. The summed E-state index contributed by atoms with van der Waals surface area (Å²) in [6, 6.07) is 1.55. The molecule has 3 heterocycles. The lowest BCUT2D eigenvalue weighted by atomic mass is 9.78. The van der Waals surface area contributed by atoms with E-state index in [2.05, 4.69) is 9.98 Å². The molecule has 2 aliphatic rings.